The molecule has 2 fully saturated rings. The molecule has 2 N–H and O–H groups in total. The lowest BCUT2D eigenvalue weighted by Crippen LogP contribution is -2.19. The number of carbonyl (C=O) groups is 2. The second kappa shape index (κ2) is 8.97. The summed E-state index contributed by atoms with van der Waals surface area (Å²) < 4.78 is 10.8. The Labute approximate surface area is 198 Å². The van der Waals surface area contributed by atoms with Gasteiger partial charge in [-0.15, -0.1) is 0 Å². The Hall–Kier alpha value is -3.61. The molecule has 0 unspecified atom stereocenters. The van der Waals surface area contributed by atoms with Gasteiger partial charge in [-0.05, 0) is 48.8 Å². The number of hydrogen-bond donors (Lipinski definition) is 2. The average molecular weight is 461 g/mol. The lowest BCUT2D eigenvalue weighted by molar-refractivity contribution is -0.140. The number of hydrogen-bond acceptors (Lipinski definition) is 5. The third-order valence-electron chi connectivity index (χ3n) is 7.15. The molecule has 0 radical (unpaired) electrons. The average Bonchev–Trinajstić information content (AvgIpc) is 3.56. The fraction of sp³-hybridized carbons (Fsp3) is 0.370. The zero-order valence-corrected chi connectivity index (χ0v) is 19.2. The first kappa shape index (κ1) is 22.2. The van der Waals surface area contributed by atoms with Crippen LogP contribution in [0, 0.1) is 12.8 Å². The van der Waals surface area contributed by atoms with E-state index in [0.717, 1.165) is 28.7 Å². The van der Waals surface area contributed by atoms with Crippen molar-refractivity contribution in [1.29, 1.82) is 0 Å². The SMILES string of the molecule is Cc1noc(-c2ccc(-c3ccc(C4(C(=O)O)CC4)cc3)cc2)c1NC(=O)OCCC1CCC1. The summed E-state index contributed by atoms with van der Waals surface area (Å²) in [4.78, 5) is 23.8. The van der Waals surface area contributed by atoms with Crippen molar-refractivity contribution in [2.75, 3.05) is 11.9 Å². The predicted molar refractivity (Wildman–Crippen MR) is 128 cm³/mol. The van der Waals surface area contributed by atoms with Gasteiger partial charge < -0.3 is 14.4 Å². The topological polar surface area (TPSA) is 102 Å². The van der Waals surface area contributed by atoms with Crippen molar-refractivity contribution >= 4 is 17.7 Å². The highest BCUT2D eigenvalue weighted by atomic mass is 16.5. The smallest absolute Gasteiger partial charge is 0.411 e. The maximum Gasteiger partial charge on any atom is 0.411 e. The summed E-state index contributed by atoms with van der Waals surface area (Å²) in [5.74, 6) is 0.411. The van der Waals surface area contributed by atoms with Crippen molar-refractivity contribution < 1.29 is 24.0 Å². The summed E-state index contributed by atoms with van der Waals surface area (Å²) in [6.07, 6.45) is 5.51. The van der Waals surface area contributed by atoms with Crippen molar-refractivity contribution in [2.45, 2.75) is 50.9 Å². The van der Waals surface area contributed by atoms with E-state index in [4.69, 9.17) is 9.26 Å². The number of rotatable bonds is 8. The van der Waals surface area contributed by atoms with Gasteiger partial charge >= 0.3 is 12.1 Å². The van der Waals surface area contributed by atoms with Gasteiger partial charge in [-0.1, -0.05) is 73.0 Å². The van der Waals surface area contributed by atoms with Crippen LogP contribution < -0.4 is 5.32 Å². The third kappa shape index (κ3) is 4.30. The van der Waals surface area contributed by atoms with Crippen LogP contribution in [0.15, 0.2) is 53.1 Å². The first-order valence-corrected chi connectivity index (χ1v) is 11.8. The molecular weight excluding hydrogens is 432 g/mol. The van der Waals surface area contributed by atoms with E-state index in [1.54, 1.807) is 6.92 Å². The van der Waals surface area contributed by atoms with Crippen molar-refractivity contribution in [3.63, 3.8) is 0 Å². The van der Waals surface area contributed by atoms with Crippen LogP contribution in [0.4, 0.5) is 10.5 Å². The highest BCUT2D eigenvalue weighted by Gasteiger charge is 2.51. The Balaban J connectivity index is 1.26. The minimum absolute atomic E-state index is 0.414. The number of nitrogens with one attached hydrogen (secondary N) is 1. The van der Waals surface area contributed by atoms with Crippen LogP contribution in [0.2, 0.25) is 0 Å². The summed E-state index contributed by atoms with van der Waals surface area (Å²) in [5.41, 5.74) is 4.03. The van der Waals surface area contributed by atoms with Crippen LogP contribution in [0.3, 0.4) is 0 Å². The zero-order chi connectivity index (χ0) is 23.7. The van der Waals surface area contributed by atoms with E-state index in [1.165, 1.54) is 19.3 Å². The number of carbonyl (C=O) groups excluding carboxylic acids is 1. The molecule has 0 bridgehead atoms. The summed E-state index contributed by atoms with van der Waals surface area (Å²) >= 11 is 0. The second-order valence-corrected chi connectivity index (χ2v) is 9.36. The lowest BCUT2D eigenvalue weighted by atomic mass is 9.83. The van der Waals surface area contributed by atoms with Crippen LogP contribution in [-0.4, -0.2) is 28.9 Å². The third-order valence-corrected chi connectivity index (χ3v) is 7.15. The maximum atomic E-state index is 12.3. The monoisotopic (exact) mass is 460 g/mol. The van der Waals surface area contributed by atoms with Crippen LogP contribution in [0.1, 0.15) is 49.8 Å². The molecule has 1 aromatic heterocycles. The Bertz CT molecular complexity index is 1190. The predicted octanol–water partition coefficient (Wildman–Crippen LogP) is 6.17. The zero-order valence-electron chi connectivity index (χ0n) is 19.2. The molecule has 2 aromatic carbocycles. The number of amides is 1. The number of carboxylic acid groups (broad SMARTS) is 1. The van der Waals surface area contributed by atoms with Crippen LogP contribution in [0.5, 0.6) is 0 Å². The van der Waals surface area contributed by atoms with Crippen LogP contribution >= 0.6 is 0 Å². The molecule has 0 saturated heterocycles. The van der Waals surface area contributed by atoms with Gasteiger partial charge in [-0.25, -0.2) is 4.79 Å². The minimum Gasteiger partial charge on any atom is -0.481 e. The van der Waals surface area contributed by atoms with Crippen molar-refractivity contribution in [3.8, 4) is 22.5 Å². The molecule has 2 saturated carbocycles. The number of ether oxygens (including phenoxy) is 1. The molecule has 0 atom stereocenters. The number of anilines is 1. The van der Waals surface area contributed by atoms with E-state index in [0.29, 0.717) is 42.5 Å². The Morgan fingerprint density at radius 3 is 2.24 bits per heavy atom. The molecule has 0 aliphatic heterocycles. The molecule has 3 aromatic rings. The van der Waals surface area contributed by atoms with Gasteiger partial charge in [0, 0.05) is 5.56 Å². The Morgan fingerprint density at radius 2 is 1.68 bits per heavy atom. The molecule has 0 spiro atoms. The molecule has 34 heavy (non-hydrogen) atoms. The number of aromatic nitrogens is 1. The summed E-state index contributed by atoms with van der Waals surface area (Å²) in [6, 6.07) is 15.5. The fourth-order valence-electron chi connectivity index (χ4n) is 4.50. The highest BCUT2D eigenvalue weighted by molar-refractivity contribution is 5.91. The van der Waals surface area contributed by atoms with Gasteiger partial charge in [-0.3, -0.25) is 10.1 Å². The molecule has 5 rings (SSSR count). The molecule has 1 amide bonds. The molecular formula is C27H28N2O5. The molecule has 1 heterocycles. The highest BCUT2D eigenvalue weighted by Crippen LogP contribution is 2.48. The lowest BCUT2D eigenvalue weighted by Gasteiger charge is -2.24. The molecule has 7 nitrogen and oxygen atoms in total. The largest absolute Gasteiger partial charge is 0.481 e. The van der Waals surface area contributed by atoms with Gasteiger partial charge in [-0.2, -0.15) is 0 Å². The van der Waals surface area contributed by atoms with Gasteiger partial charge in [0.15, 0.2) is 5.76 Å². The van der Waals surface area contributed by atoms with E-state index in [-0.39, 0.29) is 0 Å². The van der Waals surface area contributed by atoms with E-state index < -0.39 is 17.5 Å². The molecule has 176 valence electrons. The number of carboxylic acids is 1. The van der Waals surface area contributed by atoms with Crippen LogP contribution in [-0.2, 0) is 14.9 Å². The van der Waals surface area contributed by atoms with Crippen molar-refractivity contribution in [2.24, 2.45) is 5.92 Å². The van der Waals surface area contributed by atoms with E-state index >= 15 is 0 Å². The summed E-state index contributed by atoms with van der Waals surface area (Å²) in [6.45, 7) is 2.19. The van der Waals surface area contributed by atoms with E-state index in [1.807, 2.05) is 48.5 Å². The molecule has 2 aliphatic carbocycles. The molecule has 2 aliphatic rings. The maximum absolute atomic E-state index is 12.3. The number of nitrogens with zero attached hydrogens (tertiary/aromatic N) is 1. The van der Waals surface area contributed by atoms with Gasteiger partial charge in [0.05, 0.1) is 12.0 Å². The first-order valence-electron chi connectivity index (χ1n) is 11.8. The second-order valence-electron chi connectivity index (χ2n) is 9.36. The Morgan fingerprint density at radius 1 is 1.06 bits per heavy atom. The van der Waals surface area contributed by atoms with Gasteiger partial charge in [0.2, 0.25) is 0 Å². The van der Waals surface area contributed by atoms with Gasteiger partial charge in [0.25, 0.3) is 0 Å². The van der Waals surface area contributed by atoms with Crippen molar-refractivity contribution in [1.82, 2.24) is 5.16 Å². The standard InChI is InChI=1S/C27H28N2O5/c1-17-23(28-26(32)33-16-13-18-3-2-4-18)24(34-29-17)21-7-5-19(6-8-21)20-9-11-22(12-10-20)27(14-15-27)25(30)31/h5-12,18H,2-4,13-16H2,1H3,(H,28,32)(H,30,31). The van der Waals surface area contributed by atoms with Gasteiger partial charge in [0.1, 0.15) is 11.4 Å². The van der Waals surface area contributed by atoms with E-state index in [9.17, 15) is 14.7 Å². The summed E-state index contributed by atoms with van der Waals surface area (Å²) in [5, 5.41) is 16.3. The normalized spacial score (nSPS) is 16.5. The van der Waals surface area contributed by atoms with E-state index in [2.05, 4.69) is 10.5 Å². The van der Waals surface area contributed by atoms with Crippen LogP contribution in [0.25, 0.3) is 22.5 Å². The first-order chi connectivity index (χ1) is 16.5. The number of aryl methyl sites for hydroxylation is 1. The number of aliphatic carboxylic acids is 1. The quantitative estimate of drug-likeness (QED) is 0.417. The number of benzene rings is 2. The summed E-state index contributed by atoms with van der Waals surface area (Å²) in [7, 11) is 0. The fourth-order valence-corrected chi connectivity index (χ4v) is 4.50. The minimum atomic E-state index is -0.751. The molecule has 7 heteroatoms. The van der Waals surface area contributed by atoms with Crippen molar-refractivity contribution in [3.05, 3.63) is 59.8 Å². The Kier molecular flexibility index (Phi) is 5.86.